The van der Waals surface area contributed by atoms with Crippen molar-refractivity contribution in [3.63, 3.8) is 0 Å². The molecular formula is C17H25NO. The number of nitrogens with zero attached hydrogens (tertiary/aromatic N) is 1. The number of aromatic hydroxyl groups is 1. The smallest absolute Gasteiger partial charge is 0.115 e. The van der Waals surface area contributed by atoms with Crippen molar-refractivity contribution < 1.29 is 5.11 Å². The number of phenolic OH excluding ortho intramolecular Hbond substituents is 1. The van der Waals surface area contributed by atoms with Crippen molar-refractivity contribution in [1.82, 2.24) is 4.90 Å². The summed E-state index contributed by atoms with van der Waals surface area (Å²) in [6.07, 6.45) is 5.59. The summed E-state index contributed by atoms with van der Waals surface area (Å²) in [7, 11) is 4.36. The van der Waals surface area contributed by atoms with Gasteiger partial charge in [-0.05, 0) is 74.7 Å². The summed E-state index contributed by atoms with van der Waals surface area (Å²) in [5.41, 5.74) is 1.35. The summed E-state index contributed by atoms with van der Waals surface area (Å²) in [6.45, 7) is 1.18. The van der Waals surface area contributed by atoms with Gasteiger partial charge in [-0.3, -0.25) is 0 Å². The maximum absolute atomic E-state index is 9.75. The normalized spacial score (nSPS) is 33.8. The molecule has 4 atom stereocenters. The topological polar surface area (TPSA) is 23.5 Å². The lowest BCUT2D eigenvalue weighted by Gasteiger charge is -2.38. The molecule has 0 radical (unpaired) electrons. The van der Waals surface area contributed by atoms with E-state index in [4.69, 9.17) is 0 Å². The number of phenols is 1. The molecular weight excluding hydrogens is 234 g/mol. The van der Waals surface area contributed by atoms with Gasteiger partial charge in [-0.15, -0.1) is 0 Å². The zero-order chi connectivity index (χ0) is 13.4. The van der Waals surface area contributed by atoms with Crippen molar-refractivity contribution in [1.29, 1.82) is 0 Å². The number of fused-ring (bicyclic) bond motifs is 2. The molecule has 3 rings (SSSR count). The Kier molecular flexibility index (Phi) is 3.53. The highest BCUT2D eigenvalue weighted by molar-refractivity contribution is 5.31. The van der Waals surface area contributed by atoms with Crippen LogP contribution in [0.5, 0.6) is 5.75 Å². The molecule has 1 aromatic carbocycles. The van der Waals surface area contributed by atoms with Crippen LogP contribution in [-0.4, -0.2) is 30.6 Å². The van der Waals surface area contributed by atoms with E-state index in [1.165, 1.54) is 37.8 Å². The summed E-state index contributed by atoms with van der Waals surface area (Å²) in [4.78, 5) is 2.33. The number of rotatable bonds is 3. The van der Waals surface area contributed by atoms with Crippen LogP contribution in [0.4, 0.5) is 0 Å². The van der Waals surface area contributed by atoms with Crippen molar-refractivity contribution in [2.24, 2.45) is 17.8 Å². The lowest BCUT2D eigenvalue weighted by molar-refractivity contribution is 0.165. The molecule has 2 aliphatic rings. The van der Waals surface area contributed by atoms with Crippen molar-refractivity contribution in [3.8, 4) is 5.75 Å². The standard InChI is InChI=1S/C17H25NO/c1-18(2)11-17-14-7-6-12(8-14)9-16(17)13-4-3-5-15(19)10-13/h3-5,10,12,14,16-17,19H,6-9,11H2,1-2H3/t12-,14+,16-,17-/m0/s1. The number of hydrogen-bond donors (Lipinski definition) is 1. The van der Waals surface area contributed by atoms with Crippen molar-refractivity contribution in [2.45, 2.75) is 31.6 Å². The van der Waals surface area contributed by atoms with Crippen molar-refractivity contribution in [2.75, 3.05) is 20.6 Å². The van der Waals surface area contributed by atoms with E-state index in [9.17, 15) is 5.11 Å². The van der Waals surface area contributed by atoms with Gasteiger partial charge in [-0.25, -0.2) is 0 Å². The highest BCUT2D eigenvalue weighted by atomic mass is 16.3. The first-order chi connectivity index (χ1) is 9.13. The molecule has 2 bridgehead atoms. The summed E-state index contributed by atoms with van der Waals surface area (Å²) >= 11 is 0. The molecule has 2 saturated carbocycles. The number of benzene rings is 1. The van der Waals surface area contributed by atoms with Gasteiger partial charge in [0.25, 0.3) is 0 Å². The predicted molar refractivity (Wildman–Crippen MR) is 78.3 cm³/mol. The SMILES string of the molecule is CN(C)C[C@H]1[C@@H]2CC[C@@H](C2)C[C@H]1c1cccc(O)c1. The average Bonchev–Trinajstić information content (AvgIpc) is 2.75. The fraction of sp³-hybridized carbons (Fsp3) is 0.647. The van der Waals surface area contributed by atoms with Gasteiger partial charge in [0.15, 0.2) is 0 Å². The van der Waals surface area contributed by atoms with E-state index < -0.39 is 0 Å². The van der Waals surface area contributed by atoms with Gasteiger partial charge in [-0.2, -0.15) is 0 Å². The lowest BCUT2D eigenvalue weighted by Crippen LogP contribution is -2.34. The molecule has 0 saturated heterocycles. The van der Waals surface area contributed by atoms with Crippen LogP contribution in [0.2, 0.25) is 0 Å². The minimum atomic E-state index is 0.416. The Labute approximate surface area is 116 Å². The molecule has 104 valence electrons. The lowest BCUT2D eigenvalue weighted by atomic mass is 9.69. The summed E-state index contributed by atoms with van der Waals surface area (Å²) in [5, 5.41) is 9.75. The Bertz CT molecular complexity index is 443. The molecule has 1 N–H and O–H groups in total. The van der Waals surface area contributed by atoms with Crippen LogP contribution in [0.1, 0.15) is 37.2 Å². The third kappa shape index (κ3) is 2.64. The van der Waals surface area contributed by atoms with Crippen LogP contribution in [0, 0.1) is 17.8 Å². The van der Waals surface area contributed by atoms with Crippen LogP contribution in [0.15, 0.2) is 24.3 Å². The fourth-order valence-electron chi connectivity index (χ4n) is 4.42. The first-order valence-corrected chi connectivity index (χ1v) is 7.57. The van der Waals surface area contributed by atoms with E-state index >= 15 is 0 Å². The summed E-state index contributed by atoms with van der Waals surface area (Å²) in [6, 6.07) is 7.96. The quantitative estimate of drug-likeness (QED) is 0.898. The Hall–Kier alpha value is -1.02. The minimum absolute atomic E-state index is 0.416. The van der Waals surface area contributed by atoms with Crippen LogP contribution in [0.3, 0.4) is 0 Å². The predicted octanol–water partition coefficient (Wildman–Crippen LogP) is 3.47. The van der Waals surface area contributed by atoms with Gasteiger partial charge in [0, 0.05) is 6.54 Å². The zero-order valence-electron chi connectivity index (χ0n) is 12.0. The second kappa shape index (κ2) is 5.16. The Balaban J connectivity index is 1.88. The largest absolute Gasteiger partial charge is 0.508 e. The van der Waals surface area contributed by atoms with E-state index in [0.717, 1.165) is 17.8 Å². The van der Waals surface area contributed by atoms with E-state index in [0.29, 0.717) is 11.7 Å². The highest BCUT2D eigenvalue weighted by Crippen LogP contribution is 2.52. The summed E-state index contributed by atoms with van der Waals surface area (Å²) < 4.78 is 0. The fourth-order valence-corrected chi connectivity index (χ4v) is 4.42. The van der Waals surface area contributed by atoms with Crippen LogP contribution in [0.25, 0.3) is 0 Å². The summed E-state index contributed by atoms with van der Waals surface area (Å²) in [5.74, 6) is 3.64. The van der Waals surface area contributed by atoms with Crippen LogP contribution < -0.4 is 0 Å². The Morgan fingerprint density at radius 2 is 2.05 bits per heavy atom. The molecule has 2 fully saturated rings. The van der Waals surface area contributed by atoms with E-state index in [2.05, 4.69) is 25.1 Å². The molecule has 0 spiro atoms. The second-order valence-corrected chi connectivity index (χ2v) is 6.80. The third-order valence-corrected chi connectivity index (χ3v) is 5.17. The zero-order valence-corrected chi connectivity index (χ0v) is 12.0. The molecule has 0 unspecified atom stereocenters. The Morgan fingerprint density at radius 1 is 1.21 bits per heavy atom. The molecule has 0 heterocycles. The van der Waals surface area contributed by atoms with Gasteiger partial charge in [0.1, 0.15) is 5.75 Å². The molecule has 0 aromatic heterocycles. The third-order valence-electron chi connectivity index (χ3n) is 5.17. The molecule has 0 amide bonds. The molecule has 2 aliphatic carbocycles. The van der Waals surface area contributed by atoms with Gasteiger partial charge < -0.3 is 10.0 Å². The van der Waals surface area contributed by atoms with E-state index in [-0.39, 0.29) is 0 Å². The second-order valence-electron chi connectivity index (χ2n) is 6.80. The molecule has 2 nitrogen and oxygen atoms in total. The molecule has 0 aliphatic heterocycles. The maximum Gasteiger partial charge on any atom is 0.115 e. The van der Waals surface area contributed by atoms with E-state index in [1.807, 2.05) is 12.1 Å². The van der Waals surface area contributed by atoms with Crippen LogP contribution >= 0.6 is 0 Å². The van der Waals surface area contributed by atoms with Gasteiger partial charge in [0.05, 0.1) is 0 Å². The van der Waals surface area contributed by atoms with Crippen molar-refractivity contribution in [3.05, 3.63) is 29.8 Å². The minimum Gasteiger partial charge on any atom is -0.508 e. The van der Waals surface area contributed by atoms with E-state index in [1.54, 1.807) is 6.07 Å². The molecule has 2 heteroatoms. The Morgan fingerprint density at radius 3 is 2.79 bits per heavy atom. The van der Waals surface area contributed by atoms with Gasteiger partial charge in [-0.1, -0.05) is 18.6 Å². The van der Waals surface area contributed by atoms with Gasteiger partial charge in [0.2, 0.25) is 0 Å². The van der Waals surface area contributed by atoms with Crippen molar-refractivity contribution >= 4 is 0 Å². The number of hydrogen-bond acceptors (Lipinski definition) is 2. The van der Waals surface area contributed by atoms with Gasteiger partial charge >= 0.3 is 0 Å². The average molecular weight is 259 g/mol. The highest BCUT2D eigenvalue weighted by Gasteiger charge is 2.42. The van der Waals surface area contributed by atoms with Crippen LogP contribution in [-0.2, 0) is 0 Å². The molecule has 1 aromatic rings. The first-order valence-electron chi connectivity index (χ1n) is 7.57. The monoisotopic (exact) mass is 259 g/mol. The first kappa shape index (κ1) is 13.0. The molecule has 19 heavy (non-hydrogen) atoms. The maximum atomic E-state index is 9.75.